The van der Waals surface area contributed by atoms with Crippen LogP contribution in [-0.2, 0) is 14.3 Å². The third-order valence-electron chi connectivity index (χ3n) is 0.825. The van der Waals surface area contributed by atoms with E-state index >= 15 is 0 Å². The molecule has 5 heteroatoms. The SMILES string of the molecule is CCOC(=O)/C(O)=C/C(C)=O.[NaH]. The van der Waals surface area contributed by atoms with Crippen LogP contribution in [0, 0.1) is 0 Å². The summed E-state index contributed by atoms with van der Waals surface area (Å²) in [5.41, 5.74) is 0. The fourth-order valence-corrected chi connectivity index (χ4v) is 0.456. The molecule has 0 aliphatic heterocycles. The Morgan fingerprint density at radius 2 is 2.00 bits per heavy atom. The van der Waals surface area contributed by atoms with Gasteiger partial charge in [0.05, 0.1) is 6.61 Å². The Balaban J connectivity index is 0. The van der Waals surface area contributed by atoms with Crippen LogP contribution >= 0.6 is 0 Å². The molecule has 0 spiro atoms. The molecule has 0 rings (SSSR count). The molecular formula is C7H11NaO4. The number of ketones is 1. The topological polar surface area (TPSA) is 63.6 Å². The van der Waals surface area contributed by atoms with Crippen LogP contribution in [0.25, 0.3) is 0 Å². The minimum atomic E-state index is -0.872. The van der Waals surface area contributed by atoms with E-state index in [1.54, 1.807) is 6.92 Å². The van der Waals surface area contributed by atoms with E-state index in [0.717, 1.165) is 6.08 Å². The molecule has 0 radical (unpaired) electrons. The average molecular weight is 182 g/mol. The maximum absolute atomic E-state index is 10.6. The number of allylic oxidation sites excluding steroid dienone is 1. The van der Waals surface area contributed by atoms with Gasteiger partial charge in [-0.3, -0.25) is 4.79 Å². The predicted octanol–water partition coefficient (Wildman–Crippen LogP) is -0.0681. The summed E-state index contributed by atoms with van der Waals surface area (Å²) in [6.45, 7) is 3.02. The van der Waals surface area contributed by atoms with Gasteiger partial charge < -0.3 is 9.84 Å². The zero-order valence-corrected chi connectivity index (χ0v) is 6.46. The monoisotopic (exact) mass is 182 g/mol. The standard InChI is InChI=1S/C7H10O4.Na.H/c1-3-11-7(10)6(9)4-5(2)8;;/h4,9H,3H2,1-2H3;;/b6-4-;;. The van der Waals surface area contributed by atoms with Gasteiger partial charge in [0.15, 0.2) is 5.78 Å². The number of hydrogen-bond donors (Lipinski definition) is 1. The summed E-state index contributed by atoms with van der Waals surface area (Å²) >= 11 is 0. The molecule has 0 atom stereocenters. The van der Waals surface area contributed by atoms with Crippen molar-refractivity contribution in [2.24, 2.45) is 0 Å². The molecule has 64 valence electrons. The molecule has 0 heterocycles. The molecule has 12 heavy (non-hydrogen) atoms. The van der Waals surface area contributed by atoms with E-state index in [0.29, 0.717) is 0 Å². The summed E-state index contributed by atoms with van der Waals surface area (Å²) in [5.74, 6) is -1.92. The Morgan fingerprint density at radius 3 is 2.33 bits per heavy atom. The van der Waals surface area contributed by atoms with E-state index in [4.69, 9.17) is 5.11 Å². The quantitative estimate of drug-likeness (QED) is 0.287. The maximum atomic E-state index is 10.6. The van der Waals surface area contributed by atoms with Gasteiger partial charge in [0.2, 0.25) is 5.76 Å². The molecule has 0 aromatic carbocycles. The van der Waals surface area contributed by atoms with Crippen LogP contribution in [0.4, 0.5) is 0 Å². The minimum absolute atomic E-state index is 0. The van der Waals surface area contributed by atoms with Crippen molar-refractivity contribution in [2.45, 2.75) is 13.8 Å². The van der Waals surface area contributed by atoms with Crippen molar-refractivity contribution in [3.63, 3.8) is 0 Å². The Kier molecular flexibility index (Phi) is 8.69. The van der Waals surface area contributed by atoms with Crippen LogP contribution in [0.15, 0.2) is 11.8 Å². The molecule has 0 aliphatic rings. The molecule has 0 aromatic heterocycles. The van der Waals surface area contributed by atoms with Gasteiger partial charge in [0, 0.05) is 6.08 Å². The average Bonchev–Trinajstić information content (AvgIpc) is 1.86. The Morgan fingerprint density at radius 1 is 1.50 bits per heavy atom. The zero-order chi connectivity index (χ0) is 8.85. The number of carbonyl (C=O) groups excluding carboxylic acids is 2. The van der Waals surface area contributed by atoms with Gasteiger partial charge in [0.1, 0.15) is 0 Å². The summed E-state index contributed by atoms with van der Waals surface area (Å²) in [5, 5.41) is 8.78. The normalized spacial score (nSPS) is 10.0. The van der Waals surface area contributed by atoms with Crippen LogP contribution in [0.3, 0.4) is 0 Å². The van der Waals surface area contributed by atoms with E-state index in [1.165, 1.54) is 6.92 Å². The van der Waals surface area contributed by atoms with Gasteiger partial charge in [-0.25, -0.2) is 4.79 Å². The van der Waals surface area contributed by atoms with Gasteiger partial charge in [0.25, 0.3) is 0 Å². The molecule has 0 saturated heterocycles. The molecule has 0 saturated carbocycles. The van der Waals surface area contributed by atoms with E-state index in [1.807, 2.05) is 0 Å². The number of hydrogen-bond acceptors (Lipinski definition) is 4. The third kappa shape index (κ3) is 6.39. The van der Waals surface area contributed by atoms with Gasteiger partial charge in [-0.1, -0.05) is 0 Å². The van der Waals surface area contributed by atoms with Crippen LogP contribution in [0.1, 0.15) is 13.8 Å². The molecule has 1 N–H and O–H groups in total. The second kappa shape index (κ2) is 7.34. The van der Waals surface area contributed by atoms with Gasteiger partial charge in [-0.15, -0.1) is 0 Å². The van der Waals surface area contributed by atoms with Crippen molar-refractivity contribution < 1.29 is 19.4 Å². The number of esters is 1. The first-order valence-corrected chi connectivity index (χ1v) is 3.16. The van der Waals surface area contributed by atoms with Crippen molar-refractivity contribution in [2.75, 3.05) is 6.61 Å². The van der Waals surface area contributed by atoms with Crippen molar-refractivity contribution in [3.8, 4) is 0 Å². The first-order chi connectivity index (χ1) is 5.07. The van der Waals surface area contributed by atoms with Crippen LogP contribution in [0.2, 0.25) is 0 Å². The van der Waals surface area contributed by atoms with Crippen molar-refractivity contribution in [3.05, 3.63) is 11.8 Å². The molecule has 4 nitrogen and oxygen atoms in total. The molecule has 0 unspecified atom stereocenters. The van der Waals surface area contributed by atoms with Crippen LogP contribution in [0.5, 0.6) is 0 Å². The molecule has 0 amide bonds. The fraction of sp³-hybridized carbons (Fsp3) is 0.429. The van der Waals surface area contributed by atoms with E-state index < -0.39 is 17.5 Å². The van der Waals surface area contributed by atoms with Gasteiger partial charge >= 0.3 is 35.5 Å². The fourth-order valence-electron chi connectivity index (χ4n) is 0.456. The summed E-state index contributed by atoms with van der Waals surface area (Å²) in [4.78, 5) is 20.9. The van der Waals surface area contributed by atoms with Crippen LogP contribution in [-0.4, -0.2) is 53.0 Å². The van der Waals surface area contributed by atoms with Crippen molar-refractivity contribution >= 4 is 41.3 Å². The first kappa shape index (κ1) is 14.2. The second-order valence-corrected chi connectivity index (χ2v) is 1.86. The third-order valence-corrected chi connectivity index (χ3v) is 0.825. The summed E-state index contributed by atoms with van der Waals surface area (Å²) in [6.07, 6.45) is 0.817. The number of rotatable bonds is 3. The summed E-state index contributed by atoms with van der Waals surface area (Å²) < 4.78 is 4.40. The van der Waals surface area contributed by atoms with Gasteiger partial charge in [-0.2, -0.15) is 0 Å². The Bertz CT molecular complexity index is 198. The van der Waals surface area contributed by atoms with Crippen LogP contribution < -0.4 is 0 Å². The van der Waals surface area contributed by atoms with E-state index in [2.05, 4.69) is 4.74 Å². The Hall–Kier alpha value is -0.320. The molecule has 0 bridgehead atoms. The molecule has 0 aliphatic carbocycles. The first-order valence-electron chi connectivity index (χ1n) is 3.16. The molecule has 0 fully saturated rings. The number of ether oxygens (including phenoxy) is 1. The number of carbonyl (C=O) groups is 2. The number of aliphatic hydroxyl groups is 1. The second-order valence-electron chi connectivity index (χ2n) is 1.86. The molecular weight excluding hydrogens is 171 g/mol. The summed E-state index contributed by atoms with van der Waals surface area (Å²) in [7, 11) is 0. The van der Waals surface area contributed by atoms with Crippen molar-refractivity contribution in [1.82, 2.24) is 0 Å². The summed E-state index contributed by atoms with van der Waals surface area (Å²) in [6, 6.07) is 0. The van der Waals surface area contributed by atoms with Crippen molar-refractivity contribution in [1.29, 1.82) is 0 Å². The molecule has 0 aromatic rings. The zero-order valence-electron chi connectivity index (χ0n) is 6.46. The van der Waals surface area contributed by atoms with E-state index in [9.17, 15) is 9.59 Å². The van der Waals surface area contributed by atoms with Gasteiger partial charge in [-0.05, 0) is 13.8 Å². The predicted molar refractivity (Wildman–Crippen MR) is 45.2 cm³/mol. The Labute approximate surface area is 92.9 Å². The van der Waals surface area contributed by atoms with E-state index in [-0.39, 0.29) is 36.2 Å². The number of aliphatic hydroxyl groups excluding tert-OH is 1.